The fraction of sp³-hybridized carbons (Fsp3) is 0.538. The molecule has 3 nitrogen and oxygen atoms in total. The van der Waals surface area contributed by atoms with E-state index in [1.165, 1.54) is 5.56 Å². The molecular weight excluding hydrogens is 202 g/mol. The summed E-state index contributed by atoms with van der Waals surface area (Å²) in [4.78, 5) is 2.41. The molecule has 86 valence electrons. The van der Waals surface area contributed by atoms with E-state index in [9.17, 15) is 0 Å². The maximum absolute atomic E-state index is 5.79. The third-order valence-electron chi connectivity index (χ3n) is 3.21. The van der Waals surface area contributed by atoms with Gasteiger partial charge in [-0.3, -0.25) is 4.90 Å². The van der Waals surface area contributed by atoms with Crippen LogP contribution in [0.3, 0.4) is 0 Å². The van der Waals surface area contributed by atoms with Crippen molar-refractivity contribution < 1.29 is 9.47 Å². The first-order valence-corrected chi connectivity index (χ1v) is 5.82. The second-order valence-corrected chi connectivity index (χ2v) is 4.84. The zero-order chi connectivity index (χ0) is 11.0. The average molecular weight is 219 g/mol. The van der Waals surface area contributed by atoms with E-state index in [2.05, 4.69) is 35.2 Å². The lowest BCUT2D eigenvalue weighted by atomic mass is 10.1. The fourth-order valence-corrected chi connectivity index (χ4v) is 2.58. The van der Waals surface area contributed by atoms with Crippen LogP contribution in [0.5, 0.6) is 0 Å². The van der Waals surface area contributed by atoms with Gasteiger partial charge in [0.05, 0.1) is 19.3 Å². The summed E-state index contributed by atoms with van der Waals surface area (Å²) in [5, 5.41) is 0. The quantitative estimate of drug-likeness (QED) is 0.754. The third-order valence-corrected chi connectivity index (χ3v) is 3.21. The number of hydrogen-bond donors (Lipinski definition) is 0. The molecule has 1 aromatic rings. The molecule has 2 aliphatic heterocycles. The number of fused-ring (bicyclic) bond motifs is 2. The van der Waals surface area contributed by atoms with Gasteiger partial charge in [-0.1, -0.05) is 30.3 Å². The molecule has 0 radical (unpaired) electrons. The zero-order valence-corrected chi connectivity index (χ0v) is 9.56. The van der Waals surface area contributed by atoms with E-state index in [0.717, 1.165) is 26.2 Å². The minimum absolute atomic E-state index is 0.252. The standard InChI is InChI=1S/C13H17NO2/c1-13-10-14(8-12(16-13)9-15-13)7-11-5-3-2-4-6-11/h2-6,12H,7-10H2,1H3/t12-,13+/m1/s1. The molecule has 0 amide bonds. The topological polar surface area (TPSA) is 21.7 Å². The second-order valence-electron chi connectivity index (χ2n) is 4.84. The van der Waals surface area contributed by atoms with E-state index in [0.29, 0.717) is 0 Å². The van der Waals surface area contributed by atoms with Crippen LogP contribution in [0.2, 0.25) is 0 Å². The zero-order valence-electron chi connectivity index (χ0n) is 9.56. The summed E-state index contributed by atoms with van der Waals surface area (Å²) >= 11 is 0. The average Bonchev–Trinajstić information content (AvgIpc) is 2.54. The van der Waals surface area contributed by atoms with Gasteiger partial charge < -0.3 is 9.47 Å². The predicted octanol–water partition coefficient (Wildman–Crippen LogP) is 1.63. The highest BCUT2D eigenvalue weighted by Crippen LogP contribution is 2.30. The highest BCUT2D eigenvalue weighted by Gasteiger charge is 2.43. The van der Waals surface area contributed by atoms with Crippen molar-refractivity contribution in [1.29, 1.82) is 0 Å². The summed E-state index contributed by atoms with van der Waals surface area (Å²) in [6.45, 7) is 5.59. The van der Waals surface area contributed by atoms with E-state index in [4.69, 9.17) is 9.47 Å². The number of rotatable bonds is 2. The summed E-state index contributed by atoms with van der Waals surface area (Å²) in [7, 11) is 0. The lowest BCUT2D eigenvalue weighted by molar-refractivity contribution is -0.192. The molecule has 1 aromatic carbocycles. The van der Waals surface area contributed by atoms with E-state index in [1.807, 2.05) is 6.92 Å². The van der Waals surface area contributed by atoms with Crippen molar-refractivity contribution in [2.75, 3.05) is 19.7 Å². The third kappa shape index (κ3) is 1.98. The fourth-order valence-electron chi connectivity index (χ4n) is 2.58. The van der Waals surface area contributed by atoms with Gasteiger partial charge in [0, 0.05) is 13.1 Å². The molecule has 0 aliphatic carbocycles. The van der Waals surface area contributed by atoms with E-state index in [-0.39, 0.29) is 11.9 Å². The molecular formula is C13H17NO2. The van der Waals surface area contributed by atoms with Crippen molar-refractivity contribution in [3.63, 3.8) is 0 Å². The largest absolute Gasteiger partial charge is 0.346 e. The maximum atomic E-state index is 5.79. The van der Waals surface area contributed by atoms with Gasteiger partial charge in [0.15, 0.2) is 5.79 Å². The van der Waals surface area contributed by atoms with E-state index < -0.39 is 0 Å². The minimum Gasteiger partial charge on any atom is -0.346 e. The van der Waals surface area contributed by atoms with Gasteiger partial charge in [0.25, 0.3) is 0 Å². The van der Waals surface area contributed by atoms with Crippen LogP contribution >= 0.6 is 0 Å². The van der Waals surface area contributed by atoms with Gasteiger partial charge in [-0.05, 0) is 12.5 Å². The molecule has 0 unspecified atom stereocenters. The molecule has 0 N–H and O–H groups in total. The molecule has 0 aromatic heterocycles. The molecule has 2 aliphatic rings. The van der Waals surface area contributed by atoms with Crippen LogP contribution in [0.1, 0.15) is 12.5 Å². The maximum Gasteiger partial charge on any atom is 0.178 e. The summed E-state index contributed by atoms with van der Waals surface area (Å²) < 4.78 is 11.5. The van der Waals surface area contributed by atoms with Crippen LogP contribution in [0, 0.1) is 0 Å². The predicted molar refractivity (Wildman–Crippen MR) is 60.9 cm³/mol. The van der Waals surface area contributed by atoms with Crippen LogP contribution in [0.15, 0.2) is 30.3 Å². The number of benzene rings is 1. The van der Waals surface area contributed by atoms with Gasteiger partial charge in [-0.2, -0.15) is 0 Å². The van der Waals surface area contributed by atoms with Crippen molar-refractivity contribution in [2.45, 2.75) is 25.4 Å². The number of nitrogens with zero attached hydrogens (tertiary/aromatic N) is 1. The molecule has 16 heavy (non-hydrogen) atoms. The molecule has 2 atom stereocenters. The Bertz CT molecular complexity index is 367. The number of ether oxygens (including phenoxy) is 2. The molecule has 2 fully saturated rings. The Balaban J connectivity index is 1.69. The summed E-state index contributed by atoms with van der Waals surface area (Å²) in [5.74, 6) is -0.377. The van der Waals surface area contributed by atoms with Gasteiger partial charge in [-0.25, -0.2) is 0 Å². The first-order valence-electron chi connectivity index (χ1n) is 5.82. The minimum atomic E-state index is -0.377. The highest BCUT2D eigenvalue weighted by atomic mass is 16.7. The van der Waals surface area contributed by atoms with Crippen LogP contribution in [0.4, 0.5) is 0 Å². The molecule has 0 spiro atoms. The summed E-state index contributed by atoms with van der Waals surface area (Å²) in [6.07, 6.45) is 0.252. The van der Waals surface area contributed by atoms with Gasteiger partial charge in [0.1, 0.15) is 0 Å². The van der Waals surface area contributed by atoms with Crippen molar-refractivity contribution in [2.24, 2.45) is 0 Å². The highest BCUT2D eigenvalue weighted by molar-refractivity contribution is 5.14. The first-order chi connectivity index (χ1) is 7.73. The lowest BCUT2D eigenvalue weighted by Gasteiger charge is -2.36. The van der Waals surface area contributed by atoms with Crippen LogP contribution in [-0.4, -0.2) is 36.5 Å². The molecule has 0 saturated carbocycles. The van der Waals surface area contributed by atoms with Gasteiger partial charge in [0.2, 0.25) is 0 Å². The summed E-state index contributed by atoms with van der Waals surface area (Å²) in [6, 6.07) is 10.6. The Kier molecular flexibility index (Phi) is 2.46. The molecule has 2 bridgehead atoms. The Morgan fingerprint density at radius 1 is 1.38 bits per heavy atom. The van der Waals surface area contributed by atoms with Gasteiger partial charge >= 0.3 is 0 Å². The Morgan fingerprint density at radius 2 is 2.19 bits per heavy atom. The number of hydrogen-bond acceptors (Lipinski definition) is 3. The Hall–Kier alpha value is -0.900. The second kappa shape index (κ2) is 3.84. The summed E-state index contributed by atoms with van der Waals surface area (Å²) in [5.41, 5.74) is 1.35. The molecule has 2 saturated heterocycles. The molecule has 2 heterocycles. The normalized spacial score (nSPS) is 34.2. The SMILES string of the molecule is C[C@]12CN(Cc3ccccc3)C[C@H](CO1)O2. The Labute approximate surface area is 96.0 Å². The van der Waals surface area contributed by atoms with E-state index in [1.54, 1.807) is 0 Å². The van der Waals surface area contributed by atoms with Crippen LogP contribution in [-0.2, 0) is 16.0 Å². The molecule has 3 rings (SSSR count). The van der Waals surface area contributed by atoms with Crippen LogP contribution in [0.25, 0.3) is 0 Å². The van der Waals surface area contributed by atoms with E-state index >= 15 is 0 Å². The smallest absolute Gasteiger partial charge is 0.178 e. The Morgan fingerprint density at radius 3 is 2.94 bits per heavy atom. The van der Waals surface area contributed by atoms with Crippen molar-refractivity contribution in [1.82, 2.24) is 4.90 Å². The monoisotopic (exact) mass is 219 g/mol. The lowest BCUT2D eigenvalue weighted by Crippen LogP contribution is -2.48. The first kappa shape index (κ1) is 10.3. The van der Waals surface area contributed by atoms with Gasteiger partial charge in [-0.15, -0.1) is 0 Å². The van der Waals surface area contributed by atoms with Crippen LogP contribution < -0.4 is 0 Å². The molecule has 3 heteroatoms. The van der Waals surface area contributed by atoms with Crippen molar-refractivity contribution in [3.8, 4) is 0 Å². The van der Waals surface area contributed by atoms with Crippen molar-refractivity contribution >= 4 is 0 Å². The number of morpholine rings is 1. The van der Waals surface area contributed by atoms with Crippen molar-refractivity contribution in [3.05, 3.63) is 35.9 Å².